The van der Waals surface area contributed by atoms with Crippen LogP contribution in [-0.2, 0) is 0 Å². The Kier molecular flexibility index (Phi) is 4.61. The van der Waals surface area contributed by atoms with E-state index in [4.69, 9.17) is 10.6 Å². The number of nitrogens with one attached hydrogen (secondary N) is 1. The molecule has 2 rings (SSSR count). The lowest BCUT2D eigenvalue weighted by Crippen LogP contribution is -2.30. The van der Waals surface area contributed by atoms with Crippen molar-refractivity contribution in [2.45, 2.75) is 6.04 Å². The Morgan fingerprint density at radius 1 is 1.37 bits per heavy atom. The first-order valence-corrected chi connectivity index (χ1v) is 6.51. The first-order chi connectivity index (χ1) is 9.17. The van der Waals surface area contributed by atoms with Crippen LogP contribution in [0.25, 0.3) is 0 Å². The van der Waals surface area contributed by atoms with Gasteiger partial charge in [-0.25, -0.2) is 14.8 Å². The molecule has 0 radical (unpaired) electrons. The molecule has 1 aromatic carbocycles. The number of hydrazine groups is 1. The normalized spacial score (nSPS) is 12.2. The number of nitrogens with two attached hydrogens (primary N) is 1. The minimum atomic E-state index is -0.420. The third-order valence-corrected chi connectivity index (χ3v) is 3.53. The van der Waals surface area contributed by atoms with Crippen LogP contribution in [0.3, 0.4) is 0 Å². The van der Waals surface area contributed by atoms with Gasteiger partial charge < -0.3 is 4.74 Å². The van der Waals surface area contributed by atoms with Gasteiger partial charge in [-0.05, 0) is 40.3 Å². The molecule has 1 heterocycles. The summed E-state index contributed by atoms with van der Waals surface area (Å²) in [5.41, 5.74) is 4.02. The van der Waals surface area contributed by atoms with Crippen LogP contribution >= 0.6 is 22.6 Å². The highest BCUT2D eigenvalue weighted by Gasteiger charge is 2.21. The maximum Gasteiger partial charge on any atom is 0.237 e. The highest BCUT2D eigenvalue weighted by molar-refractivity contribution is 14.1. The van der Waals surface area contributed by atoms with Gasteiger partial charge in [-0.3, -0.25) is 10.8 Å². The molecule has 0 bridgehead atoms. The average Bonchev–Trinajstić information content (AvgIpc) is 2.42. The van der Waals surface area contributed by atoms with Gasteiger partial charge in [-0.2, -0.15) is 0 Å². The molecule has 0 amide bonds. The number of methoxy groups -OCH3 is 1. The molecule has 1 unspecified atom stereocenters. The first-order valence-electron chi connectivity index (χ1n) is 5.43. The zero-order chi connectivity index (χ0) is 13.8. The summed E-state index contributed by atoms with van der Waals surface area (Å²) in [5.74, 6) is 5.68. The molecule has 2 aromatic rings. The van der Waals surface area contributed by atoms with E-state index in [0.717, 1.165) is 9.13 Å². The maximum atomic E-state index is 13.2. The number of halogens is 2. The number of nitrogens with zero attached hydrogens (tertiary/aromatic N) is 2. The number of aromatic nitrogens is 2. The zero-order valence-corrected chi connectivity index (χ0v) is 12.3. The lowest BCUT2D eigenvalue weighted by atomic mass is 10.0. The zero-order valence-electron chi connectivity index (χ0n) is 10.1. The lowest BCUT2D eigenvalue weighted by Gasteiger charge is -2.18. The molecule has 0 fully saturated rings. The van der Waals surface area contributed by atoms with Crippen LogP contribution in [-0.4, -0.2) is 17.1 Å². The first kappa shape index (κ1) is 14.1. The fraction of sp³-hybridized carbons (Fsp3) is 0.167. The van der Waals surface area contributed by atoms with E-state index in [1.165, 1.54) is 25.4 Å². The van der Waals surface area contributed by atoms with E-state index in [1.807, 2.05) is 0 Å². The molecule has 0 spiro atoms. The van der Waals surface area contributed by atoms with Gasteiger partial charge in [0.15, 0.2) is 0 Å². The Hall–Kier alpha value is -1.32. The molecule has 1 aromatic heterocycles. The monoisotopic (exact) mass is 374 g/mol. The summed E-state index contributed by atoms with van der Waals surface area (Å²) in [6.07, 6.45) is 3.09. The van der Waals surface area contributed by atoms with Crippen LogP contribution in [0.5, 0.6) is 5.88 Å². The van der Waals surface area contributed by atoms with Crippen LogP contribution < -0.4 is 16.0 Å². The molecule has 0 aliphatic rings. The summed E-state index contributed by atoms with van der Waals surface area (Å²) < 4.78 is 19.1. The van der Waals surface area contributed by atoms with Gasteiger partial charge in [0, 0.05) is 16.0 Å². The number of hydrogen-bond acceptors (Lipinski definition) is 5. The molecule has 1 atom stereocenters. The fourth-order valence-electron chi connectivity index (χ4n) is 1.74. The van der Waals surface area contributed by atoms with Crippen molar-refractivity contribution in [2.75, 3.05) is 7.11 Å². The third kappa shape index (κ3) is 2.99. The van der Waals surface area contributed by atoms with E-state index in [0.29, 0.717) is 11.6 Å². The average molecular weight is 374 g/mol. The standard InChI is InChI=1S/C12H12FIN4O/c1-19-12-11(16-4-5-17-12)10(18-15)8-3-2-7(13)6-9(8)14/h2-6,10,18H,15H2,1H3. The van der Waals surface area contributed by atoms with E-state index < -0.39 is 6.04 Å². The predicted molar refractivity (Wildman–Crippen MR) is 76.9 cm³/mol. The van der Waals surface area contributed by atoms with Crippen LogP contribution in [0.1, 0.15) is 17.3 Å². The highest BCUT2D eigenvalue weighted by atomic mass is 127. The Labute approximate surface area is 123 Å². The summed E-state index contributed by atoms with van der Waals surface area (Å²) in [5, 5.41) is 0. The molecule has 0 saturated heterocycles. The van der Waals surface area contributed by atoms with Gasteiger partial charge in [-0.1, -0.05) is 6.07 Å². The molecule has 5 nitrogen and oxygen atoms in total. The van der Waals surface area contributed by atoms with Gasteiger partial charge in [-0.15, -0.1) is 0 Å². The number of benzene rings is 1. The lowest BCUT2D eigenvalue weighted by molar-refractivity contribution is 0.382. The maximum absolute atomic E-state index is 13.2. The second-order valence-corrected chi connectivity index (χ2v) is 4.88. The van der Waals surface area contributed by atoms with Gasteiger partial charge >= 0.3 is 0 Å². The Morgan fingerprint density at radius 2 is 2.11 bits per heavy atom. The molecule has 19 heavy (non-hydrogen) atoms. The van der Waals surface area contributed by atoms with E-state index in [9.17, 15) is 4.39 Å². The molecule has 0 aliphatic heterocycles. The second-order valence-electron chi connectivity index (χ2n) is 3.72. The van der Waals surface area contributed by atoms with Crippen molar-refractivity contribution in [2.24, 2.45) is 5.84 Å². The Balaban J connectivity index is 2.50. The van der Waals surface area contributed by atoms with Crippen molar-refractivity contribution in [3.63, 3.8) is 0 Å². The number of ether oxygens (including phenoxy) is 1. The van der Waals surface area contributed by atoms with Crippen LogP contribution in [0.2, 0.25) is 0 Å². The predicted octanol–water partition coefficient (Wildman–Crippen LogP) is 1.78. The SMILES string of the molecule is COc1nccnc1C(NN)c1ccc(F)cc1I. The topological polar surface area (TPSA) is 73.1 Å². The van der Waals surface area contributed by atoms with Crippen LogP contribution in [0, 0.1) is 9.39 Å². The van der Waals surface area contributed by atoms with Crippen LogP contribution in [0.15, 0.2) is 30.6 Å². The van der Waals surface area contributed by atoms with Gasteiger partial charge in [0.1, 0.15) is 11.5 Å². The molecule has 100 valence electrons. The van der Waals surface area contributed by atoms with Crippen LogP contribution in [0.4, 0.5) is 4.39 Å². The van der Waals surface area contributed by atoms with Crippen molar-refractivity contribution in [1.29, 1.82) is 0 Å². The van der Waals surface area contributed by atoms with Gasteiger partial charge in [0.05, 0.1) is 13.2 Å². The van der Waals surface area contributed by atoms with E-state index in [2.05, 4.69) is 38.0 Å². The summed E-state index contributed by atoms with van der Waals surface area (Å²) in [4.78, 5) is 8.32. The van der Waals surface area contributed by atoms with Crippen molar-refractivity contribution in [3.8, 4) is 5.88 Å². The Morgan fingerprint density at radius 3 is 2.74 bits per heavy atom. The minimum Gasteiger partial charge on any atom is -0.480 e. The molecule has 3 N–H and O–H groups in total. The largest absolute Gasteiger partial charge is 0.480 e. The molecule has 0 aliphatic carbocycles. The van der Waals surface area contributed by atoms with Crippen molar-refractivity contribution < 1.29 is 9.13 Å². The van der Waals surface area contributed by atoms with Crippen molar-refractivity contribution >= 4 is 22.6 Å². The molecular formula is C12H12FIN4O. The number of hydrogen-bond donors (Lipinski definition) is 2. The summed E-state index contributed by atoms with van der Waals surface area (Å²) >= 11 is 2.05. The van der Waals surface area contributed by atoms with Gasteiger partial charge in [0.2, 0.25) is 5.88 Å². The quantitative estimate of drug-likeness (QED) is 0.485. The van der Waals surface area contributed by atoms with Crippen molar-refractivity contribution in [1.82, 2.24) is 15.4 Å². The summed E-state index contributed by atoms with van der Waals surface area (Å²) in [6, 6.07) is 4.06. The van der Waals surface area contributed by atoms with Crippen molar-refractivity contribution in [3.05, 3.63) is 51.2 Å². The summed E-state index contributed by atoms with van der Waals surface area (Å²) in [6.45, 7) is 0. The van der Waals surface area contributed by atoms with E-state index in [1.54, 1.807) is 12.3 Å². The molecule has 7 heteroatoms. The van der Waals surface area contributed by atoms with E-state index in [-0.39, 0.29) is 5.82 Å². The second kappa shape index (κ2) is 6.22. The highest BCUT2D eigenvalue weighted by Crippen LogP contribution is 2.29. The molecule has 0 saturated carbocycles. The third-order valence-electron chi connectivity index (χ3n) is 2.60. The smallest absolute Gasteiger partial charge is 0.237 e. The number of rotatable bonds is 4. The van der Waals surface area contributed by atoms with E-state index >= 15 is 0 Å². The molecular weight excluding hydrogens is 362 g/mol. The van der Waals surface area contributed by atoms with Gasteiger partial charge in [0.25, 0.3) is 0 Å². The Bertz CT molecular complexity index is 581. The fourth-order valence-corrected chi connectivity index (χ4v) is 2.53. The summed E-state index contributed by atoms with van der Waals surface area (Å²) in [7, 11) is 1.51. The minimum absolute atomic E-state index is 0.296.